The fourth-order valence-corrected chi connectivity index (χ4v) is 4.10. The van der Waals surface area contributed by atoms with Crippen LogP contribution in [0.3, 0.4) is 0 Å². The first-order valence-electron chi connectivity index (χ1n) is 9.11. The Labute approximate surface area is 171 Å². The van der Waals surface area contributed by atoms with Gasteiger partial charge in [0.1, 0.15) is 0 Å². The van der Waals surface area contributed by atoms with E-state index < -0.39 is 5.97 Å². The Balaban J connectivity index is 1.39. The van der Waals surface area contributed by atoms with Gasteiger partial charge in [0.15, 0.2) is 18.1 Å². The largest absolute Gasteiger partial charge is 0.493 e. The Hall–Kier alpha value is -3.13. The smallest absolute Gasteiger partial charge is 0.338 e. The summed E-state index contributed by atoms with van der Waals surface area (Å²) >= 11 is 1.45. The average Bonchev–Trinajstić information content (AvgIpc) is 3.23. The fraction of sp³-hybridized carbons (Fsp3) is 0.286. The van der Waals surface area contributed by atoms with E-state index in [1.807, 2.05) is 12.1 Å². The van der Waals surface area contributed by atoms with Crippen molar-refractivity contribution in [1.29, 1.82) is 0 Å². The number of methoxy groups -OCH3 is 2. The number of nitrogens with zero attached hydrogens (tertiary/aromatic N) is 2. The fourth-order valence-electron chi connectivity index (χ4n) is 3.38. The Bertz CT molecular complexity index is 1080. The Morgan fingerprint density at radius 3 is 2.62 bits per heavy atom. The third-order valence-corrected chi connectivity index (χ3v) is 5.76. The molecule has 4 rings (SSSR count). The van der Waals surface area contributed by atoms with Crippen molar-refractivity contribution >= 4 is 33.4 Å². The molecule has 29 heavy (non-hydrogen) atoms. The molecule has 0 saturated heterocycles. The number of benzene rings is 2. The third kappa shape index (κ3) is 3.88. The van der Waals surface area contributed by atoms with Crippen molar-refractivity contribution in [2.45, 2.75) is 13.0 Å². The van der Waals surface area contributed by atoms with E-state index in [1.54, 1.807) is 42.8 Å². The van der Waals surface area contributed by atoms with Gasteiger partial charge in [-0.25, -0.2) is 9.78 Å². The van der Waals surface area contributed by atoms with Crippen molar-refractivity contribution in [2.24, 2.45) is 0 Å². The van der Waals surface area contributed by atoms with Gasteiger partial charge >= 0.3 is 5.97 Å². The maximum absolute atomic E-state index is 12.6. The van der Waals surface area contributed by atoms with Crippen LogP contribution in [0.15, 0.2) is 35.8 Å². The highest BCUT2D eigenvalue weighted by Crippen LogP contribution is 2.33. The van der Waals surface area contributed by atoms with Crippen LogP contribution in [0.1, 0.15) is 21.5 Å². The highest BCUT2D eigenvalue weighted by molar-refractivity contribution is 7.16. The first-order chi connectivity index (χ1) is 14.1. The highest BCUT2D eigenvalue weighted by atomic mass is 32.1. The number of carbonyl (C=O) groups is 2. The molecular formula is C21H20N2O5S. The van der Waals surface area contributed by atoms with Gasteiger partial charge in [0, 0.05) is 13.1 Å². The molecule has 0 atom stereocenters. The van der Waals surface area contributed by atoms with E-state index in [2.05, 4.69) is 4.98 Å². The van der Waals surface area contributed by atoms with Crippen molar-refractivity contribution in [3.63, 3.8) is 0 Å². The van der Waals surface area contributed by atoms with E-state index >= 15 is 0 Å². The van der Waals surface area contributed by atoms with Crippen LogP contribution < -0.4 is 9.47 Å². The zero-order valence-electron chi connectivity index (χ0n) is 16.1. The van der Waals surface area contributed by atoms with Crippen molar-refractivity contribution in [3.8, 4) is 11.5 Å². The number of rotatable bonds is 5. The van der Waals surface area contributed by atoms with Gasteiger partial charge in [-0.3, -0.25) is 4.79 Å². The van der Waals surface area contributed by atoms with Crippen molar-refractivity contribution in [2.75, 3.05) is 27.4 Å². The minimum atomic E-state index is -0.516. The Morgan fingerprint density at radius 2 is 1.86 bits per heavy atom. The predicted molar refractivity (Wildman–Crippen MR) is 109 cm³/mol. The lowest BCUT2D eigenvalue weighted by molar-refractivity contribution is -0.135. The van der Waals surface area contributed by atoms with E-state index in [0.717, 1.165) is 21.3 Å². The summed E-state index contributed by atoms with van der Waals surface area (Å²) in [4.78, 5) is 30.8. The number of amides is 1. The summed E-state index contributed by atoms with van der Waals surface area (Å²) in [6.07, 6.45) is 0.706. The number of thiazole rings is 1. The summed E-state index contributed by atoms with van der Waals surface area (Å²) in [5, 5.41) is 0. The van der Waals surface area contributed by atoms with Crippen LogP contribution in [-0.2, 0) is 22.5 Å². The molecule has 0 saturated carbocycles. The van der Waals surface area contributed by atoms with Gasteiger partial charge in [0.25, 0.3) is 5.91 Å². The van der Waals surface area contributed by atoms with Crippen LogP contribution in [0.2, 0.25) is 0 Å². The molecule has 0 fully saturated rings. The maximum atomic E-state index is 12.6. The molecule has 3 aromatic rings. The summed E-state index contributed by atoms with van der Waals surface area (Å²) < 4.78 is 16.8. The number of hydrogen-bond acceptors (Lipinski definition) is 7. The quantitative estimate of drug-likeness (QED) is 0.600. The van der Waals surface area contributed by atoms with Crippen LogP contribution >= 0.6 is 11.3 Å². The molecule has 0 aliphatic carbocycles. The van der Waals surface area contributed by atoms with Crippen molar-refractivity contribution < 1.29 is 23.8 Å². The summed E-state index contributed by atoms with van der Waals surface area (Å²) in [7, 11) is 3.18. The number of aromatic nitrogens is 1. The van der Waals surface area contributed by atoms with Crippen LogP contribution in [0, 0.1) is 0 Å². The van der Waals surface area contributed by atoms with E-state index in [-0.39, 0.29) is 12.5 Å². The molecule has 2 aromatic carbocycles. The summed E-state index contributed by atoms with van der Waals surface area (Å²) in [6.45, 7) is 0.715. The first kappa shape index (κ1) is 19.2. The van der Waals surface area contributed by atoms with Gasteiger partial charge in [0.2, 0.25) is 0 Å². The SMILES string of the molecule is COc1cc2c(cc1OC)CN(C(=O)COC(=O)c1ccc3ncsc3c1)CC2. The summed E-state index contributed by atoms with van der Waals surface area (Å²) in [5.41, 5.74) is 5.10. The Morgan fingerprint density at radius 1 is 1.10 bits per heavy atom. The van der Waals surface area contributed by atoms with Gasteiger partial charge in [-0.2, -0.15) is 0 Å². The van der Waals surface area contributed by atoms with Gasteiger partial charge in [-0.15, -0.1) is 11.3 Å². The standard InChI is InChI=1S/C21H20N2O5S/c1-26-17-7-13-5-6-23(10-15(13)8-18(17)27-2)20(24)11-28-21(25)14-3-4-16-19(9-14)29-12-22-16/h3-4,7-9,12H,5-6,10-11H2,1-2H3. The van der Waals surface area contributed by atoms with Crippen LogP contribution in [-0.4, -0.2) is 49.1 Å². The Kier molecular flexibility index (Phi) is 5.35. The number of fused-ring (bicyclic) bond motifs is 2. The molecule has 0 unspecified atom stereocenters. The van der Waals surface area contributed by atoms with Gasteiger partial charge < -0.3 is 19.1 Å². The van der Waals surface area contributed by atoms with E-state index in [9.17, 15) is 9.59 Å². The molecule has 7 nitrogen and oxygen atoms in total. The molecule has 0 radical (unpaired) electrons. The molecule has 1 aliphatic rings. The second-order valence-corrected chi connectivity index (χ2v) is 7.54. The molecule has 0 bridgehead atoms. The van der Waals surface area contributed by atoms with Crippen molar-refractivity contribution in [1.82, 2.24) is 9.88 Å². The number of carbonyl (C=O) groups excluding carboxylic acids is 2. The predicted octanol–water partition coefficient (Wildman–Crippen LogP) is 3.06. The minimum absolute atomic E-state index is 0.224. The molecule has 8 heteroatoms. The zero-order valence-corrected chi connectivity index (χ0v) is 17.0. The second-order valence-electron chi connectivity index (χ2n) is 6.65. The molecule has 2 heterocycles. The summed E-state index contributed by atoms with van der Waals surface area (Å²) in [5.74, 6) is 0.568. The third-order valence-electron chi connectivity index (χ3n) is 4.96. The monoisotopic (exact) mass is 412 g/mol. The number of esters is 1. The highest BCUT2D eigenvalue weighted by Gasteiger charge is 2.24. The maximum Gasteiger partial charge on any atom is 0.338 e. The van der Waals surface area contributed by atoms with E-state index in [0.29, 0.717) is 36.6 Å². The van der Waals surface area contributed by atoms with E-state index in [1.165, 1.54) is 11.3 Å². The molecule has 1 aliphatic heterocycles. The summed E-state index contributed by atoms with van der Waals surface area (Å²) in [6, 6.07) is 9.01. The van der Waals surface area contributed by atoms with E-state index in [4.69, 9.17) is 14.2 Å². The van der Waals surface area contributed by atoms with Gasteiger partial charge in [-0.1, -0.05) is 0 Å². The number of ether oxygens (including phenoxy) is 3. The van der Waals surface area contributed by atoms with Crippen LogP contribution in [0.4, 0.5) is 0 Å². The molecule has 1 amide bonds. The van der Waals surface area contributed by atoms with Gasteiger partial charge in [0.05, 0.1) is 35.5 Å². The van der Waals surface area contributed by atoms with Crippen LogP contribution in [0.25, 0.3) is 10.2 Å². The molecule has 0 N–H and O–H groups in total. The lowest BCUT2D eigenvalue weighted by Gasteiger charge is -2.29. The second kappa shape index (κ2) is 8.08. The molecule has 1 aromatic heterocycles. The minimum Gasteiger partial charge on any atom is -0.493 e. The first-order valence-corrected chi connectivity index (χ1v) is 9.99. The molecule has 150 valence electrons. The van der Waals surface area contributed by atoms with Crippen molar-refractivity contribution in [3.05, 3.63) is 52.5 Å². The zero-order chi connectivity index (χ0) is 20.4. The van der Waals surface area contributed by atoms with Crippen LogP contribution in [0.5, 0.6) is 11.5 Å². The topological polar surface area (TPSA) is 78.0 Å². The lowest BCUT2D eigenvalue weighted by atomic mass is 9.99. The average molecular weight is 412 g/mol. The lowest BCUT2D eigenvalue weighted by Crippen LogP contribution is -2.38. The molecular weight excluding hydrogens is 392 g/mol. The normalized spacial score (nSPS) is 13.1. The molecule has 0 spiro atoms. The number of hydrogen-bond donors (Lipinski definition) is 0. The van der Waals surface area contributed by atoms with Gasteiger partial charge in [-0.05, 0) is 47.9 Å².